The van der Waals surface area contributed by atoms with Crippen LogP contribution in [0, 0.1) is 0 Å². The Kier molecular flexibility index (Phi) is 5.66. The molecule has 2 aliphatic heterocycles. The first-order chi connectivity index (χ1) is 11.4. The molecule has 2 N–H and O–H groups in total. The summed E-state index contributed by atoms with van der Waals surface area (Å²) in [5.74, 6) is 0. The van der Waals surface area contributed by atoms with Gasteiger partial charge in [0.1, 0.15) is 0 Å². The van der Waals surface area contributed by atoms with Crippen molar-refractivity contribution in [1.82, 2.24) is 14.9 Å². The second-order valence-corrected chi connectivity index (χ2v) is 8.84. The molecular weight excluding hydrogens is 348 g/mol. The summed E-state index contributed by atoms with van der Waals surface area (Å²) in [5, 5.41) is 4.08. The molecule has 0 bridgehead atoms. The quantitative estimate of drug-likeness (QED) is 0.803. The van der Waals surface area contributed by atoms with Gasteiger partial charge in [0.25, 0.3) is 0 Å². The molecule has 0 aromatic heterocycles. The maximum atomic E-state index is 11.5. The Morgan fingerprint density at radius 3 is 2.75 bits per heavy atom. The molecule has 1 atom stereocenters. The Labute approximate surface area is 149 Å². The van der Waals surface area contributed by atoms with E-state index in [9.17, 15) is 8.42 Å². The van der Waals surface area contributed by atoms with Crippen LogP contribution >= 0.6 is 11.6 Å². The van der Waals surface area contributed by atoms with Crippen LogP contribution in [0.15, 0.2) is 18.2 Å². The second kappa shape index (κ2) is 7.58. The van der Waals surface area contributed by atoms with Crippen molar-refractivity contribution in [1.29, 1.82) is 0 Å². The van der Waals surface area contributed by atoms with Crippen LogP contribution in [0.4, 0.5) is 5.69 Å². The van der Waals surface area contributed by atoms with Crippen molar-refractivity contribution in [2.45, 2.75) is 19.0 Å². The van der Waals surface area contributed by atoms with Gasteiger partial charge in [0.15, 0.2) is 0 Å². The van der Waals surface area contributed by atoms with Crippen molar-refractivity contribution < 1.29 is 8.42 Å². The second-order valence-electron chi connectivity index (χ2n) is 6.62. The fourth-order valence-electron chi connectivity index (χ4n) is 3.45. The van der Waals surface area contributed by atoms with E-state index in [0.29, 0.717) is 11.6 Å². The summed E-state index contributed by atoms with van der Waals surface area (Å²) < 4.78 is 25.6. The summed E-state index contributed by atoms with van der Waals surface area (Å²) in [4.78, 5) is 4.68. The number of halogens is 1. The minimum Gasteiger partial charge on any atom is -0.370 e. The van der Waals surface area contributed by atoms with Crippen LogP contribution in [0.2, 0.25) is 5.02 Å². The minimum absolute atomic E-state index is 0.0361. The minimum atomic E-state index is -3.17. The molecule has 0 amide bonds. The van der Waals surface area contributed by atoms with Gasteiger partial charge in [0.2, 0.25) is 10.0 Å². The first-order valence-corrected chi connectivity index (χ1v) is 10.6. The van der Waals surface area contributed by atoms with E-state index in [2.05, 4.69) is 25.9 Å². The van der Waals surface area contributed by atoms with Crippen molar-refractivity contribution in [2.24, 2.45) is 0 Å². The van der Waals surface area contributed by atoms with Crippen molar-refractivity contribution in [2.75, 3.05) is 50.4 Å². The topological polar surface area (TPSA) is 64.7 Å². The third-order valence-corrected chi connectivity index (χ3v) is 5.56. The summed E-state index contributed by atoms with van der Waals surface area (Å²) in [6, 6.07) is 6.00. The fourth-order valence-corrected chi connectivity index (χ4v) is 4.42. The van der Waals surface area contributed by atoms with Gasteiger partial charge in [0, 0.05) is 62.6 Å². The molecule has 0 spiro atoms. The van der Waals surface area contributed by atoms with Crippen LogP contribution in [-0.2, 0) is 16.6 Å². The molecule has 2 aliphatic rings. The van der Waals surface area contributed by atoms with Gasteiger partial charge in [-0.1, -0.05) is 17.7 Å². The van der Waals surface area contributed by atoms with E-state index in [1.165, 1.54) is 11.8 Å². The number of anilines is 1. The lowest BCUT2D eigenvalue weighted by atomic mass is 10.1. The molecule has 6 nitrogen and oxygen atoms in total. The summed E-state index contributed by atoms with van der Waals surface area (Å²) in [6.45, 7) is 6.54. The van der Waals surface area contributed by atoms with E-state index < -0.39 is 10.0 Å². The van der Waals surface area contributed by atoms with E-state index >= 15 is 0 Å². The average Bonchev–Trinajstić information content (AvgIpc) is 2.96. The molecular formula is C16H25ClN4O2S. The van der Waals surface area contributed by atoms with E-state index in [1.54, 1.807) is 0 Å². The highest BCUT2D eigenvalue weighted by molar-refractivity contribution is 7.88. The van der Waals surface area contributed by atoms with Crippen molar-refractivity contribution >= 4 is 27.3 Å². The molecule has 0 unspecified atom stereocenters. The lowest BCUT2D eigenvalue weighted by Gasteiger charge is -2.30. The Morgan fingerprint density at radius 2 is 2.04 bits per heavy atom. The number of hydrogen-bond donors (Lipinski definition) is 2. The number of benzene rings is 1. The third-order valence-electron chi connectivity index (χ3n) is 4.56. The standard InChI is InChI=1S/C16H25ClN4O2S/c1-24(22,23)19-15-4-7-21(12-15)16-10-14(17)3-2-13(16)11-20-8-5-18-6-9-20/h2-3,10,15,18-19H,4-9,11-12H2,1H3/t15-/m1/s1. The molecule has 134 valence electrons. The van der Waals surface area contributed by atoms with Crippen LogP contribution in [0.25, 0.3) is 0 Å². The normalized spacial score (nSPS) is 22.9. The average molecular weight is 373 g/mol. The Hall–Kier alpha value is -0.860. The van der Waals surface area contributed by atoms with Gasteiger partial charge in [0.05, 0.1) is 6.26 Å². The zero-order chi connectivity index (χ0) is 17.2. The maximum Gasteiger partial charge on any atom is 0.209 e. The maximum absolute atomic E-state index is 11.5. The molecule has 24 heavy (non-hydrogen) atoms. The van der Waals surface area contributed by atoms with Crippen LogP contribution in [-0.4, -0.2) is 64.9 Å². The first kappa shape index (κ1) is 17.9. The molecule has 0 saturated carbocycles. The molecule has 2 fully saturated rings. The predicted molar refractivity (Wildman–Crippen MR) is 98.2 cm³/mol. The molecule has 3 rings (SSSR count). The highest BCUT2D eigenvalue weighted by Gasteiger charge is 2.27. The van der Waals surface area contributed by atoms with E-state index in [1.807, 2.05) is 12.1 Å². The molecule has 0 radical (unpaired) electrons. The van der Waals surface area contributed by atoms with Crippen molar-refractivity contribution in [3.63, 3.8) is 0 Å². The van der Waals surface area contributed by atoms with Gasteiger partial charge >= 0.3 is 0 Å². The summed E-state index contributed by atoms with van der Waals surface area (Å²) in [6.07, 6.45) is 2.03. The van der Waals surface area contributed by atoms with E-state index in [4.69, 9.17) is 11.6 Å². The largest absolute Gasteiger partial charge is 0.370 e. The Morgan fingerprint density at radius 1 is 1.29 bits per heavy atom. The third kappa shape index (κ3) is 4.83. The summed E-state index contributed by atoms with van der Waals surface area (Å²) >= 11 is 6.22. The summed E-state index contributed by atoms with van der Waals surface area (Å²) in [7, 11) is -3.17. The predicted octanol–water partition coefficient (Wildman–Crippen LogP) is 0.873. The SMILES string of the molecule is CS(=O)(=O)N[C@@H]1CCN(c2cc(Cl)ccc2CN2CCNCC2)C1. The van der Waals surface area contributed by atoms with Crippen LogP contribution in [0.3, 0.4) is 0 Å². The van der Waals surface area contributed by atoms with Crippen LogP contribution in [0.5, 0.6) is 0 Å². The Balaban J connectivity index is 1.73. The highest BCUT2D eigenvalue weighted by Crippen LogP contribution is 2.29. The van der Waals surface area contributed by atoms with Crippen LogP contribution < -0.4 is 14.9 Å². The molecule has 8 heteroatoms. The number of piperazine rings is 1. The van der Waals surface area contributed by atoms with Gasteiger partial charge in [-0.25, -0.2) is 13.1 Å². The lowest BCUT2D eigenvalue weighted by Crippen LogP contribution is -2.43. The smallest absolute Gasteiger partial charge is 0.209 e. The number of nitrogens with one attached hydrogen (secondary N) is 2. The van der Waals surface area contributed by atoms with Crippen molar-refractivity contribution in [3.8, 4) is 0 Å². The van der Waals surface area contributed by atoms with Gasteiger partial charge < -0.3 is 10.2 Å². The number of hydrogen-bond acceptors (Lipinski definition) is 5. The Bertz CT molecular complexity index is 677. The lowest BCUT2D eigenvalue weighted by molar-refractivity contribution is 0.233. The van der Waals surface area contributed by atoms with E-state index in [0.717, 1.165) is 51.4 Å². The van der Waals surface area contributed by atoms with Crippen molar-refractivity contribution in [3.05, 3.63) is 28.8 Å². The number of sulfonamides is 1. The van der Waals surface area contributed by atoms with E-state index in [-0.39, 0.29) is 6.04 Å². The van der Waals surface area contributed by atoms with Crippen LogP contribution in [0.1, 0.15) is 12.0 Å². The monoisotopic (exact) mass is 372 g/mol. The van der Waals surface area contributed by atoms with Gasteiger partial charge in [-0.15, -0.1) is 0 Å². The fraction of sp³-hybridized carbons (Fsp3) is 0.625. The number of rotatable bonds is 5. The highest BCUT2D eigenvalue weighted by atomic mass is 35.5. The molecule has 2 heterocycles. The van der Waals surface area contributed by atoms with Gasteiger partial charge in [-0.05, 0) is 24.1 Å². The number of nitrogens with zero attached hydrogens (tertiary/aromatic N) is 2. The molecule has 0 aliphatic carbocycles. The molecule has 1 aromatic rings. The molecule has 1 aromatic carbocycles. The zero-order valence-electron chi connectivity index (χ0n) is 14.0. The molecule has 2 saturated heterocycles. The van der Waals surface area contributed by atoms with Gasteiger partial charge in [-0.3, -0.25) is 4.90 Å². The zero-order valence-corrected chi connectivity index (χ0v) is 15.5. The van der Waals surface area contributed by atoms with Gasteiger partial charge in [-0.2, -0.15) is 0 Å². The summed E-state index contributed by atoms with van der Waals surface area (Å²) in [5.41, 5.74) is 2.38. The first-order valence-electron chi connectivity index (χ1n) is 8.34.